The molecule has 2 aromatic rings. The predicted octanol–water partition coefficient (Wildman–Crippen LogP) is 3.14. The molecule has 3 nitrogen and oxygen atoms in total. The van der Waals surface area contributed by atoms with Gasteiger partial charge in [0.25, 0.3) is 0 Å². The van der Waals surface area contributed by atoms with E-state index in [-0.39, 0.29) is 18.4 Å². The summed E-state index contributed by atoms with van der Waals surface area (Å²) >= 11 is 0. The molecular formula is C16H18F2N2O. The number of pyridine rings is 1. The Kier molecular flexibility index (Phi) is 4.85. The summed E-state index contributed by atoms with van der Waals surface area (Å²) in [7, 11) is 0. The molecule has 5 heteroatoms. The molecule has 1 atom stereocenters. The Bertz CT molecular complexity index is 606. The van der Waals surface area contributed by atoms with E-state index in [1.807, 2.05) is 13.0 Å². The van der Waals surface area contributed by atoms with Crippen molar-refractivity contribution in [3.63, 3.8) is 0 Å². The summed E-state index contributed by atoms with van der Waals surface area (Å²) in [4.78, 5) is 4.12. The van der Waals surface area contributed by atoms with Crippen LogP contribution in [0.2, 0.25) is 0 Å². The van der Waals surface area contributed by atoms with Crippen LogP contribution in [0.3, 0.4) is 0 Å². The maximum Gasteiger partial charge on any atom is 0.191 e. The highest BCUT2D eigenvalue weighted by atomic mass is 19.1. The van der Waals surface area contributed by atoms with Gasteiger partial charge in [-0.15, -0.1) is 0 Å². The van der Waals surface area contributed by atoms with Crippen molar-refractivity contribution in [3.8, 4) is 5.75 Å². The minimum atomic E-state index is -0.723. The molecule has 1 unspecified atom stereocenters. The highest BCUT2D eigenvalue weighted by molar-refractivity contribution is 5.32. The number of hydrogen-bond acceptors (Lipinski definition) is 3. The number of halogens is 2. The van der Waals surface area contributed by atoms with Crippen molar-refractivity contribution in [2.24, 2.45) is 5.73 Å². The predicted molar refractivity (Wildman–Crippen MR) is 77.0 cm³/mol. The van der Waals surface area contributed by atoms with Crippen molar-refractivity contribution in [1.82, 2.24) is 4.98 Å². The summed E-state index contributed by atoms with van der Waals surface area (Å²) in [5.74, 6) is -1.83. The van der Waals surface area contributed by atoms with Gasteiger partial charge in [0.15, 0.2) is 17.4 Å². The molecule has 0 saturated heterocycles. The zero-order chi connectivity index (χ0) is 15.4. The first-order chi connectivity index (χ1) is 9.97. The van der Waals surface area contributed by atoms with Crippen LogP contribution in [0.1, 0.15) is 23.7 Å². The summed E-state index contributed by atoms with van der Waals surface area (Å²) in [6, 6.07) is 6.01. The highest BCUT2D eigenvalue weighted by Gasteiger charge is 2.14. The number of aryl methyl sites for hydroxylation is 1. The van der Waals surface area contributed by atoms with Crippen LogP contribution in [0.4, 0.5) is 8.78 Å². The first-order valence-electron chi connectivity index (χ1n) is 6.74. The lowest BCUT2D eigenvalue weighted by molar-refractivity contribution is 0.269. The normalized spacial score (nSPS) is 12.2. The largest absolute Gasteiger partial charge is 0.481 e. The lowest BCUT2D eigenvalue weighted by atomic mass is 10.1. The fourth-order valence-electron chi connectivity index (χ4n) is 2.05. The molecule has 0 bridgehead atoms. The fraction of sp³-hybridized carbons (Fsp3) is 0.312. The van der Waals surface area contributed by atoms with Gasteiger partial charge in [0, 0.05) is 12.2 Å². The number of ether oxygens (including phenoxy) is 1. The molecular weight excluding hydrogens is 274 g/mol. The Morgan fingerprint density at radius 3 is 2.52 bits per heavy atom. The number of nitrogens with two attached hydrogens (primary N) is 1. The van der Waals surface area contributed by atoms with Gasteiger partial charge in [-0.3, -0.25) is 4.98 Å². The Hall–Kier alpha value is -2.01. The van der Waals surface area contributed by atoms with Gasteiger partial charge in [-0.2, -0.15) is 0 Å². The smallest absolute Gasteiger partial charge is 0.191 e. The third kappa shape index (κ3) is 3.98. The van der Waals surface area contributed by atoms with E-state index in [2.05, 4.69) is 4.98 Å². The van der Waals surface area contributed by atoms with Crippen LogP contribution in [-0.4, -0.2) is 11.0 Å². The lowest BCUT2D eigenvalue weighted by Gasteiger charge is -2.12. The molecule has 1 aromatic heterocycles. The van der Waals surface area contributed by atoms with Crippen LogP contribution >= 0.6 is 0 Å². The number of aromatic nitrogens is 1. The molecule has 0 aliphatic heterocycles. The Labute approximate surface area is 122 Å². The number of nitrogens with zero attached hydrogens (tertiary/aromatic N) is 1. The van der Waals surface area contributed by atoms with Crippen molar-refractivity contribution in [3.05, 3.63) is 58.9 Å². The first-order valence-corrected chi connectivity index (χ1v) is 6.74. The fourth-order valence-corrected chi connectivity index (χ4v) is 2.05. The molecule has 2 N–H and O–H groups in total. The number of hydrogen-bond donors (Lipinski definition) is 1. The van der Waals surface area contributed by atoms with E-state index in [4.69, 9.17) is 10.5 Å². The van der Waals surface area contributed by atoms with Crippen molar-refractivity contribution >= 4 is 0 Å². The molecule has 0 spiro atoms. The van der Waals surface area contributed by atoms with E-state index < -0.39 is 11.6 Å². The second-order valence-corrected chi connectivity index (χ2v) is 5.13. The molecule has 0 fully saturated rings. The summed E-state index contributed by atoms with van der Waals surface area (Å²) in [5.41, 5.74) is 7.70. The van der Waals surface area contributed by atoms with Crippen LogP contribution in [0.5, 0.6) is 5.75 Å². The first kappa shape index (κ1) is 15.4. The van der Waals surface area contributed by atoms with E-state index in [1.54, 1.807) is 19.2 Å². The van der Waals surface area contributed by atoms with Gasteiger partial charge in [0.1, 0.15) is 6.61 Å². The molecule has 0 radical (unpaired) electrons. The van der Waals surface area contributed by atoms with Gasteiger partial charge in [-0.05, 0) is 49.6 Å². The van der Waals surface area contributed by atoms with Crippen LogP contribution in [-0.2, 0) is 13.0 Å². The minimum Gasteiger partial charge on any atom is -0.481 e. The molecule has 0 saturated carbocycles. The van der Waals surface area contributed by atoms with Crippen molar-refractivity contribution in [2.75, 3.05) is 0 Å². The van der Waals surface area contributed by atoms with Crippen LogP contribution in [0.15, 0.2) is 30.5 Å². The molecule has 0 amide bonds. The van der Waals surface area contributed by atoms with Crippen LogP contribution < -0.4 is 10.5 Å². The van der Waals surface area contributed by atoms with Gasteiger partial charge in [0.2, 0.25) is 0 Å². The molecule has 1 heterocycles. The molecule has 112 valence electrons. The van der Waals surface area contributed by atoms with E-state index >= 15 is 0 Å². The number of rotatable bonds is 5. The topological polar surface area (TPSA) is 48.1 Å². The van der Waals surface area contributed by atoms with Gasteiger partial charge in [-0.1, -0.05) is 6.07 Å². The Morgan fingerprint density at radius 2 is 1.95 bits per heavy atom. The third-order valence-corrected chi connectivity index (χ3v) is 3.09. The minimum absolute atomic E-state index is 0.0210. The summed E-state index contributed by atoms with van der Waals surface area (Å²) in [6.45, 7) is 3.67. The maximum atomic E-state index is 13.9. The van der Waals surface area contributed by atoms with E-state index in [1.165, 1.54) is 12.1 Å². The van der Waals surface area contributed by atoms with E-state index in [0.717, 1.165) is 5.56 Å². The summed E-state index contributed by atoms with van der Waals surface area (Å²) in [6.07, 6.45) is 2.03. The Balaban J connectivity index is 2.15. The third-order valence-electron chi connectivity index (χ3n) is 3.09. The summed E-state index contributed by atoms with van der Waals surface area (Å²) < 4.78 is 33.1. The van der Waals surface area contributed by atoms with Crippen LogP contribution in [0.25, 0.3) is 0 Å². The lowest BCUT2D eigenvalue weighted by Crippen LogP contribution is -2.18. The van der Waals surface area contributed by atoms with Gasteiger partial charge in [-0.25, -0.2) is 8.78 Å². The van der Waals surface area contributed by atoms with E-state index in [0.29, 0.717) is 17.7 Å². The maximum absolute atomic E-state index is 13.9. The average Bonchev–Trinajstić information content (AvgIpc) is 2.39. The second-order valence-electron chi connectivity index (χ2n) is 5.13. The standard InChI is InChI=1S/C16H18F2N2O/c1-10-4-3-5-20-15(10)9-21-16-13(17)7-12(6-11(2)19)8-14(16)18/h3-5,7-8,11H,6,9,19H2,1-2H3. The van der Waals surface area contributed by atoms with Crippen molar-refractivity contribution in [1.29, 1.82) is 0 Å². The summed E-state index contributed by atoms with van der Waals surface area (Å²) in [5, 5.41) is 0. The molecule has 2 rings (SSSR count). The van der Waals surface area contributed by atoms with Crippen molar-refractivity contribution in [2.45, 2.75) is 32.9 Å². The SMILES string of the molecule is Cc1cccnc1COc1c(F)cc(CC(C)N)cc1F. The number of benzene rings is 1. The molecule has 0 aliphatic rings. The second kappa shape index (κ2) is 6.63. The molecule has 21 heavy (non-hydrogen) atoms. The van der Waals surface area contributed by atoms with Gasteiger partial charge in [0.05, 0.1) is 5.69 Å². The monoisotopic (exact) mass is 292 g/mol. The molecule has 0 aliphatic carbocycles. The quantitative estimate of drug-likeness (QED) is 0.921. The van der Waals surface area contributed by atoms with Crippen LogP contribution in [0, 0.1) is 18.6 Å². The average molecular weight is 292 g/mol. The zero-order valence-corrected chi connectivity index (χ0v) is 12.1. The zero-order valence-electron chi connectivity index (χ0n) is 12.1. The highest BCUT2D eigenvalue weighted by Crippen LogP contribution is 2.25. The van der Waals surface area contributed by atoms with E-state index in [9.17, 15) is 8.78 Å². The molecule has 1 aromatic carbocycles. The van der Waals surface area contributed by atoms with Crippen molar-refractivity contribution < 1.29 is 13.5 Å². The van der Waals surface area contributed by atoms with Gasteiger partial charge >= 0.3 is 0 Å². The van der Waals surface area contributed by atoms with Gasteiger partial charge < -0.3 is 10.5 Å². The Morgan fingerprint density at radius 1 is 1.29 bits per heavy atom.